The molecule has 3 aromatic carbocycles. The molecule has 0 aliphatic carbocycles. The lowest BCUT2D eigenvalue weighted by Crippen LogP contribution is -1.91. The van der Waals surface area contributed by atoms with Gasteiger partial charge in [0, 0.05) is 0 Å². The quantitative estimate of drug-likeness (QED) is 0.335. The van der Waals surface area contributed by atoms with Gasteiger partial charge in [0.2, 0.25) is 0 Å². The molecule has 0 amide bonds. The minimum Gasteiger partial charge on any atom is -0.0654 e. The zero-order chi connectivity index (χ0) is 15.2. The molecule has 0 aromatic heterocycles. The first-order chi connectivity index (χ1) is 10.9. The number of aryl methyl sites for hydroxylation is 1. The molecule has 0 spiro atoms. The molecule has 0 N–H and O–H groups in total. The van der Waals surface area contributed by atoms with Gasteiger partial charge in [-0.1, -0.05) is 81.5 Å². The van der Waals surface area contributed by atoms with Crippen molar-refractivity contribution in [1.29, 1.82) is 0 Å². The van der Waals surface area contributed by atoms with Gasteiger partial charge in [-0.3, -0.25) is 0 Å². The molecule has 0 nitrogen and oxygen atoms in total. The molecule has 0 aliphatic heterocycles. The Kier molecular flexibility index (Phi) is 5.11. The molecule has 113 valence electrons. The highest BCUT2D eigenvalue weighted by Gasteiger charge is 2.07. The molecular weight excluding hydrogens is 264 g/mol. The van der Waals surface area contributed by atoms with E-state index in [1.54, 1.807) is 0 Å². The fourth-order valence-electron chi connectivity index (χ4n) is 3.37. The number of fused-ring (bicyclic) bond motifs is 2. The molecule has 0 atom stereocenters. The maximum atomic E-state index is 3.47. The number of hydrogen-bond acceptors (Lipinski definition) is 0. The summed E-state index contributed by atoms with van der Waals surface area (Å²) in [6, 6.07) is 20.9. The molecule has 22 heavy (non-hydrogen) atoms. The van der Waals surface area contributed by atoms with E-state index in [9.17, 15) is 0 Å². The minimum atomic E-state index is 1.17. The average Bonchev–Trinajstić information content (AvgIpc) is 2.57. The molecule has 3 aromatic rings. The summed E-state index contributed by atoms with van der Waals surface area (Å²) in [4.78, 5) is 0. The zero-order valence-electron chi connectivity index (χ0n) is 13.6. The van der Waals surface area contributed by atoms with Crippen molar-refractivity contribution in [2.45, 2.75) is 51.9 Å². The molecular formula is C22H25. The van der Waals surface area contributed by atoms with Crippen molar-refractivity contribution in [2.24, 2.45) is 0 Å². The fraction of sp³-hybridized carbons (Fsp3) is 0.364. The molecule has 0 fully saturated rings. The molecule has 0 heterocycles. The van der Waals surface area contributed by atoms with Crippen LogP contribution < -0.4 is 0 Å². The van der Waals surface area contributed by atoms with Gasteiger partial charge in [0.15, 0.2) is 0 Å². The molecule has 3 rings (SSSR count). The molecule has 0 saturated heterocycles. The predicted octanol–water partition coefficient (Wildman–Crippen LogP) is 6.70. The van der Waals surface area contributed by atoms with Crippen LogP contribution in [-0.4, -0.2) is 0 Å². The van der Waals surface area contributed by atoms with Crippen molar-refractivity contribution in [3.8, 4) is 0 Å². The van der Waals surface area contributed by atoms with Gasteiger partial charge >= 0.3 is 0 Å². The molecule has 0 unspecified atom stereocenters. The summed E-state index contributed by atoms with van der Waals surface area (Å²) in [5.41, 5.74) is 1.49. The standard InChI is InChI=1S/C22H25/c1-2-3-4-5-6-7-16-22-20-14-10-8-12-18(20)17-19-13-9-11-15-21(19)22/h8-14,17H,2-7,16H2,1H3. The SMILES string of the molecule is CCCCCCCCc1c2[c]cccc2cc2ccccc12. The zero-order valence-corrected chi connectivity index (χ0v) is 13.6. The van der Waals surface area contributed by atoms with Gasteiger partial charge in [-0.25, -0.2) is 0 Å². The topological polar surface area (TPSA) is 0 Å². The van der Waals surface area contributed by atoms with E-state index in [4.69, 9.17) is 0 Å². The normalized spacial score (nSPS) is 11.3. The van der Waals surface area contributed by atoms with E-state index in [1.807, 2.05) is 6.07 Å². The van der Waals surface area contributed by atoms with Crippen molar-refractivity contribution in [3.63, 3.8) is 0 Å². The Morgan fingerprint density at radius 3 is 2.50 bits per heavy atom. The Balaban J connectivity index is 1.85. The van der Waals surface area contributed by atoms with Crippen molar-refractivity contribution >= 4 is 21.5 Å². The maximum Gasteiger partial charge on any atom is -0.00667 e. The fourth-order valence-corrected chi connectivity index (χ4v) is 3.37. The molecule has 0 saturated carbocycles. The molecule has 0 bridgehead atoms. The van der Waals surface area contributed by atoms with Crippen LogP contribution in [0.15, 0.2) is 48.5 Å². The lowest BCUT2D eigenvalue weighted by Gasteiger charge is -2.11. The van der Waals surface area contributed by atoms with Gasteiger partial charge in [-0.2, -0.15) is 0 Å². The van der Waals surface area contributed by atoms with Gasteiger partial charge in [-0.15, -0.1) is 0 Å². The van der Waals surface area contributed by atoms with Crippen molar-refractivity contribution in [2.75, 3.05) is 0 Å². The monoisotopic (exact) mass is 289 g/mol. The van der Waals surface area contributed by atoms with Gasteiger partial charge in [0.25, 0.3) is 0 Å². The lowest BCUT2D eigenvalue weighted by atomic mass is 9.93. The van der Waals surface area contributed by atoms with E-state index in [0.717, 1.165) is 0 Å². The van der Waals surface area contributed by atoms with Gasteiger partial charge in [-0.05, 0) is 52.1 Å². The molecule has 1 radical (unpaired) electrons. The highest BCUT2D eigenvalue weighted by atomic mass is 14.1. The van der Waals surface area contributed by atoms with Gasteiger partial charge in [0.1, 0.15) is 0 Å². The Labute approximate surface area is 134 Å². The van der Waals surface area contributed by atoms with Crippen LogP contribution in [-0.2, 0) is 6.42 Å². The molecule has 0 heteroatoms. The largest absolute Gasteiger partial charge is 0.0654 e. The number of hydrogen-bond donors (Lipinski definition) is 0. The summed E-state index contributed by atoms with van der Waals surface area (Å²) in [7, 11) is 0. The van der Waals surface area contributed by atoms with Crippen LogP contribution in [0.3, 0.4) is 0 Å². The summed E-state index contributed by atoms with van der Waals surface area (Å²) in [6.07, 6.45) is 9.27. The highest BCUT2D eigenvalue weighted by Crippen LogP contribution is 2.29. The highest BCUT2D eigenvalue weighted by molar-refractivity contribution is 6.01. The van der Waals surface area contributed by atoms with Crippen molar-refractivity contribution in [1.82, 2.24) is 0 Å². The third kappa shape index (κ3) is 3.32. The minimum absolute atomic E-state index is 1.17. The summed E-state index contributed by atoms with van der Waals surface area (Å²) in [6.45, 7) is 2.28. The van der Waals surface area contributed by atoms with Crippen LogP contribution >= 0.6 is 0 Å². The number of unbranched alkanes of at least 4 members (excludes halogenated alkanes) is 5. The van der Waals surface area contributed by atoms with Crippen molar-refractivity contribution < 1.29 is 0 Å². The first-order valence-electron chi connectivity index (χ1n) is 8.71. The van der Waals surface area contributed by atoms with Crippen LogP contribution in [0.25, 0.3) is 21.5 Å². The first kappa shape index (κ1) is 15.1. The van der Waals surface area contributed by atoms with E-state index in [-0.39, 0.29) is 0 Å². The lowest BCUT2D eigenvalue weighted by molar-refractivity contribution is 0.609. The predicted molar refractivity (Wildman–Crippen MR) is 97.4 cm³/mol. The Morgan fingerprint density at radius 1 is 0.818 bits per heavy atom. The van der Waals surface area contributed by atoms with Crippen LogP contribution in [0.4, 0.5) is 0 Å². The smallest absolute Gasteiger partial charge is 0.00667 e. The second kappa shape index (κ2) is 7.45. The number of rotatable bonds is 7. The van der Waals surface area contributed by atoms with E-state index < -0.39 is 0 Å². The summed E-state index contributed by atoms with van der Waals surface area (Å²) in [5, 5.41) is 5.40. The van der Waals surface area contributed by atoms with E-state index in [2.05, 4.69) is 55.5 Å². The Morgan fingerprint density at radius 2 is 1.59 bits per heavy atom. The third-order valence-corrected chi connectivity index (χ3v) is 4.57. The summed E-state index contributed by atoms with van der Waals surface area (Å²) in [5.74, 6) is 0. The van der Waals surface area contributed by atoms with Gasteiger partial charge in [0.05, 0.1) is 0 Å². The molecule has 0 aliphatic rings. The second-order valence-corrected chi connectivity index (χ2v) is 6.23. The maximum absolute atomic E-state index is 3.47. The van der Waals surface area contributed by atoms with Crippen LogP contribution in [0.5, 0.6) is 0 Å². The van der Waals surface area contributed by atoms with Crippen LogP contribution in [0, 0.1) is 6.07 Å². The average molecular weight is 289 g/mol. The summed E-state index contributed by atoms with van der Waals surface area (Å²) < 4.78 is 0. The van der Waals surface area contributed by atoms with E-state index in [0.29, 0.717) is 0 Å². The second-order valence-electron chi connectivity index (χ2n) is 6.23. The number of benzene rings is 3. The van der Waals surface area contributed by atoms with Crippen molar-refractivity contribution in [3.05, 3.63) is 60.2 Å². The third-order valence-electron chi connectivity index (χ3n) is 4.57. The van der Waals surface area contributed by atoms with Crippen LogP contribution in [0.1, 0.15) is 51.0 Å². The van der Waals surface area contributed by atoms with Gasteiger partial charge < -0.3 is 0 Å². The Hall–Kier alpha value is -1.82. The van der Waals surface area contributed by atoms with E-state index in [1.165, 1.54) is 72.1 Å². The Bertz CT molecular complexity index is 685. The first-order valence-corrected chi connectivity index (χ1v) is 8.71. The van der Waals surface area contributed by atoms with Crippen LogP contribution in [0.2, 0.25) is 0 Å². The summed E-state index contributed by atoms with van der Waals surface area (Å²) >= 11 is 0. The van der Waals surface area contributed by atoms with E-state index >= 15 is 0 Å².